The highest BCUT2D eigenvalue weighted by molar-refractivity contribution is 7.15. The van der Waals surface area contributed by atoms with Gasteiger partial charge in [-0.15, -0.1) is 11.3 Å². The van der Waals surface area contributed by atoms with E-state index in [0.29, 0.717) is 16.7 Å². The van der Waals surface area contributed by atoms with Gasteiger partial charge >= 0.3 is 0 Å². The molecule has 27 heavy (non-hydrogen) atoms. The molecule has 4 rings (SSSR count). The number of benzene rings is 1. The molecule has 1 aliphatic carbocycles. The molecule has 0 fully saturated rings. The zero-order chi connectivity index (χ0) is 18.8. The first kappa shape index (κ1) is 18.2. The molecule has 3 aromatic rings. The highest BCUT2D eigenvalue weighted by Gasteiger charge is 2.26. The molecule has 1 unspecified atom stereocenters. The maximum absolute atomic E-state index is 10.1. The van der Waals surface area contributed by atoms with Crippen LogP contribution in [0.5, 0.6) is 5.75 Å². The fourth-order valence-corrected chi connectivity index (χ4v) is 5.10. The van der Waals surface area contributed by atoms with E-state index < -0.39 is 0 Å². The summed E-state index contributed by atoms with van der Waals surface area (Å²) in [5.74, 6) is 0.252. The maximum atomic E-state index is 10.1. The molecular formula is C21H26N4OS. The molecular weight excluding hydrogens is 356 g/mol. The fourth-order valence-electron chi connectivity index (χ4n) is 4.15. The van der Waals surface area contributed by atoms with Crippen molar-refractivity contribution in [2.75, 3.05) is 18.8 Å². The standard InChI is InChI=1S/C21H26N4OS/c1-2-11-25(15-6-7-17-19(13-15)27-21(22)24-17)12-9-14-5-8-18(26)20-16(14)4-3-10-23-20/h3-5,8,10,15,26H,2,6-7,9,11-13H2,1H3,(H2,22,24). The van der Waals surface area contributed by atoms with E-state index in [1.165, 1.54) is 16.1 Å². The molecule has 5 nitrogen and oxygen atoms in total. The Morgan fingerprint density at radius 1 is 1.30 bits per heavy atom. The number of nitrogen functional groups attached to an aromatic ring is 1. The van der Waals surface area contributed by atoms with E-state index in [9.17, 15) is 5.11 Å². The number of aromatic hydroxyl groups is 1. The van der Waals surface area contributed by atoms with Crippen molar-refractivity contribution in [1.29, 1.82) is 0 Å². The Balaban J connectivity index is 1.51. The SMILES string of the molecule is CCCN(CCc1ccc(O)c2ncccc12)C1CCc2nc(N)sc2C1. The topological polar surface area (TPSA) is 75.3 Å². The summed E-state index contributed by atoms with van der Waals surface area (Å²) in [4.78, 5) is 12.8. The summed E-state index contributed by atoms with van der Waals surface area (Å²) in [6.07, 6.45) is 7.06. The molecule has 1 aliphatic rings. The van der Waals surface area contributed by atoms with Crippen LogP contribution in [-0.2, 0) is 19.3 Å². The number of rotatable bonds is 6. The van der Waals surface area contributed by atoms with E-state index in [1.807, 2.05) is 12.1 Å². The lowest BCUT2D eigenvalue weighted by Gasteiger charge is -2.34. The number of nitrogens with two attached hydrogens (primary N) is 1. The van der Waals surface area contributed by atoms with Crippen molar-refractivity contribution in [3.05, 3.63) is 46.6 Å². The molecule has 0 spiro atoms. The van der Waals surface area contributed by atoms with E-state index in [2.05, 4.69) is 27.9 Å². The van der Waals surface area contributed by atoms with Gasteiger partial charge in [-0.2, -0.15) is 0 Å². The summed E-state index contributed by atoms with van der Waals surface area (Å²) in [5, 5.41) is 11.8. The summed E-state index contributed by atoms with van der Waals surface area (Å²) < 4.78 is 0. The van der Waals surface area contributed by atoms with Crippen molar-refractivity contribution >= 4 is 27.4 Å². The number of phenolic OH excluding ortho intramolecular Hbond substituents is 1. The Labute approximate surface area is 163 Å². The summed E-state index contributed by atoms with van der Waals surface area (Å²) >= 11 is 1.65. The molecule has 0 saturated heterocycles. The summed E-state index contributed by atoms with van der Waals surface area (Å²) in [7, 11) is 0. The molecule has 6 heteroatoms. The second kappa shape index (κ2) is 7.82. The molecule has 2 heterocycles. The number of anilines is 1. The monoisotopic (exact) mass is 382 g/mol. The third-order valence-electron chi connectivity index (χ3n) is 5.46. The number of pyridine rings is 1. The predicted octanol–water partition coefficient (Wildman–Crippen LogP) is 3.79. The lowest BCUT2D eigenvalue weighted by atomic mass is 9.95. The second-order valence-corrected chi connectivity index (χ2v) is 8.36. The molecule has 0 bridgehead atoms. The van der Waals surface area contributed by atoms with Gasteiger partial charge in [-0.05, 0) is 56.3 Å². The van der Waals surface area contributed by atoms with Crippen LogP contribution in [-0.4, -0.2) is 39.1 Å². The third kappa shape index (κ3) is 3.77. The largest absolute Gasteiger partial charge is 0.506 e. The Morgan fingerprint density at radius 3 is 3.04 bits per heavy atom. The van der Waals surface area contributed by atoms with Gasteiger partial charge in [0.15, 0.2) is 5.13 Å². The van der Waals surface area contributed by atoms with Crippen molar-refractivity contribution in [2.45, 2.75) is 45.1 Å². The van der Waals surface area contributed by atoms with Crippen molar-refractivity contribution < 1.29 is 5.11 Å². The fraction of sp³-hybridized carbons (Fsp3) is 0.429. The van der Waals surface area contributed by atoms with E-state index >= 15 is 0 Å². The van der Waals surface area contributed by atoms with Crippen LogP contribution < -0.4 is 5.73 Å². The van der Waals surface area contributed by atoms with Crippen LogP contribution in [0.2, 0.25) is 0 Å². The highest BCUT2D eigenvalue weighted by Crippen LogP contribution is 2.31. The molecule has 1 aromatic carbocycles. The lowest BCUT2D eigenvalue weighted by Crippen LogP contribution is -2.40. The molecule has 3 N–H and O–H groups in total. The number of nitrogens with zero attached hydrogens (tertiary/aromatic N) is 3. The minimum atomic E-state index is 0.252. The quantitative estimate of drug-likeness (QED) is 0.678. The minimum Gasteiger partial charge on any atom is -0.506 e. The zero-order valence-electron chi connectivity index (χ0n) is 15.7. The Bertz CT molecular complexity index is 939. The number of thiazole rings is 1. The average molecular weight is 383 g/mol. The van der Waals surface area contributed by atoms with E-state index in [0.717, 1.165) is 50.6 Å². The third-order valence-corrected chi connectivity index (χ3v) is 6.41. The maximum Gasteiger partial charge on any atom is 0.180 e. The molecule has 1 atom stereocenters. The Morgan fingerprint density at radius 2 is 2.19 bits per heavy atom. The normalized spacial score (nSPS) is 16.7. The predicted molar refractivity (Wildman–Crippen MR) is 111 cm³/mol. The summed E-state index contributed by atoms with van der Waals surface area (Å²) in [6.45, 7) is 4.35. The molecule has 0 saturated carbocycles. The van der Waals surface area contributed by atoms with Crippen molar-refractivity contribution in [3.63, 3.8) is 0 Å². The Hall–Kier alpha value is -2.18. The Kier molecular flexibility index (Phi) is 5.27. The van der Waals surface area contributed by atoms with Gasteiger partial charge in [0.05, 0.1) is 5.69 Å². The van der Waals surface area contributed by atoms with Gasteiger partial charge in [0.1, 0.15) is 11.3 Å². The van der Waals surface area contributed by atoms with Gasteiger partial charge in [0.2, 0.25) is 0 Å². The zero-order valence-corrected chi connectivity index (χ0v) is 16.5. The van der Waals surface area contributed by atoms with Crippen LogP contribution in [0, 0.1) is 0 Å². The van der Waals surface area contributed by atoms with Crippen LogP contribution in [0.1, 0.15) is 35.9 Å². The summed E-state index contributed by atoms with van der Waals surface area (Å²) in [6, 6.07) is 8.34. The second-order valence-electron chi connectivity index (χ2n) is 7.25. The first-order chi connectivity index (χ1) is 13.2. The summed E-state index contributed by atoms with van der Waals surface area (Å²) in [5.41, 5.74) is 9.05. The van der Waals surface area contributed by atoms with E-state index in [1.54, 1.807) is 23.6 Å². The number of aromatic nitrogens is 2. The molecule has 0 radical (unpaired) electrons. The van der Waals surface area contributed by atoms with E-state index in [4.69, 9.17) is 5.73 Å². The number of aryl methyl sites for hydroxylation is 1. The van der Waals surface area contributed by atoms with Crippen LogP contribution in [0.3, 0.4) is 0 Å². The molecule has 0 amide bonds. The number of phenols is 1. The van der Waals surface area contributed by atoms with Crippen LogP contribution in [0.25, 0.3) is 10.9 Å². The van der Waals surface area contributed by atoms with Gasteiger partial charge in [-0.3, -0.25) is 9.88 Å². The number of fused-ring (bicyclic) bond motifs is 2. The van der Waals surface area contributed by atoms with E-state index in [-0.39, 0.29) is 5.75 Å². The van der Waals surface area contributed by atoms with Crippen LogP contribution in [0.4, 0.5) is 5.13 Å². The van der Waals surface area contributed by atoms with Crippen LogP contribution >= 0.6 is 11.3 Å². The lowest BCUT2D eigenvalue weighted by molar-refractivity contribution is 0.182. The van der Waals surface area contributed by atoms with Gasteiger partial charge in [0, 0.05) is 29.0 Å². The molecule has 142 valence electrons. The molecule has 0 aliphatic heterocycles. The first-order valence-electron chi connectivity index (χ1n) is 9.69. The van der Waals surface area contributed by atoms with Gasteiger partial charge in [-0.1, -0.05) is 19.1 Å². The van der Waals surface area contributed by atoms with Crippen molar-refractivity contribution in [2.24, 2.45) is 0 Å². The average Bonchev–Trinajstić information content (AvgIpc) is 3.06. The minimum absolute atomic E-state index is 0.252. The molecule has 2 aromatic heterocycles. The van der Waals surface area contributed by atoms with Gasteiger partial charge < -0.3 is 10.8 Å². The highest BCUT2D eigenvalue weighted by atomic mass is 32.1. The van der Waals surface area contributed by atoms with Gasteiger partial charge in [0.25, 0.3) is 0 Å². The van der Waals surface area contributed by atoms with Gasteiger partial charge in [-0.25, -0.2) is 4.98 Å². The first-order valence-corrected chi connectivity index (χ1v) is 10.5. The number of hydrogen-bond acceptors (Lipinski definition) is 6. The van der Waals surface area contributed by atoms with Crippen molar-refractivity contribution in [1.82, 2.24) is 14.9 Å². The smallest absolute Gasteiger partial charge is 0.180 e. The van der Waals surface area contributed by atoms with Crippen molar-refractivity contribution in [3.8, 4) is 5.75 Å². The van der Waals surface area contributed by atoms with Crippen LogP contribution in [0.15, 0.2) is 30.5 Å². The number of hydrogen-bond donors (Lipinski definition) is 2.